The minimum absolute atomic E-state index is 0.106. The predicted octanol–water partition coefficient (Wildman–Crippen LogP) is 4.37. The van der Waals surface area contributed by atoms with Gasteiger partial charge in [-0.2, -0.15) is 0 Å². The standard InChI is InChI=1S/C25H32N2O2/c1-3-16-29-23-10-8-21(9-11-23)17-26-14-12-25(13-15-26)19-27(20(2)28)18-22-6-4-5-7-24(22)25/h4-11H,3,12-19H2,1-2H3. The highest BCUT2D eigenvalue weighted by Crippen LogP contribution is 2.42. The van der Waals surface area contributed by atoms with E-state index in [2.05, 4.69) is 60.4 Å². The first-order valence-corrected chi connectivity index (χ1v) is 10.9. The van der Waals surface area contributed by atoms with Crippen molar-refractivity contribution >= 4 is 5.91 Å². The highest BCUT2D eigenvalue weighted by Gasteiger charge is 2.42. The van der Waals surface area contributed by atoms with Crippen LogP contribution < -0.4 is 4.74 Å². The topological polar surface area (TPSA) is 32.8 Å². The molecule has 1 amide bonds. The van der Waals surface area contributed by atoms with Gasteiger partial charge in [0.25, 0.3) is 0 Å². The minimum atomic E-state index is 0.106. The summed E-state index contributed by atoms with van der Waals surface area (Å²) in [5, 5.41) is 0. The molecule has 4 rings (SSSR count). The smallest absolute Gasteiger partial charge is 0.219 e. The quantitative estimate of drug-likeness (QED) is 0.757. The summed E-state index contributed by atoms with van der Waals surface area (Å²) in [5.74, 6) is 1.14. The Labute approximate surface area is 174 Å². The van der Waals surface area contributed by atoms with Crippen molar-refractivity contribution in [3.8, 4) is 5.75 Å². The second kappa shape index (κ2) is 8.58. The fraction of sp³-hybridized carbons (Fsp3) is 0.480. The van der Waals surface area contributed by atoms with Crippen LogP contribution in [0, 0.1) is 0 Å². The lowest BCUT2D eigenvalue weighted by atomic mass is 9.69. The first-order valence-electron chi connectivity index (χ1n) is 10.9. The molecule has 0 unspecified atom stereocenters. The van der Waals surface area contributed by atoms with Crippen LogP contribution in [0.15, 0.2) is 48.5 Å². The van der Waals surface area contributed by atoms with Gasteiger partial charge < -0.3 is 9.64 Å². The molecule has 2 aromatic rings. The number of amides is 1. The second-order valence-electron chi connectivity index (χ2n) is 8.58. The summed E-state index contributed by atoms with van der Waals surface area (Å²) in [5.41, 5.74) is 4.23. The molecular formula is C25H32N2O2. The number of carbonyl (C=O) groups excluding carboxylic acids is 1. The first-order chi connectivity index (χ1) is 14.1. The third-order valence-corrected chi connectivity index (χ3v) is 6.50. The summed E-state index contributed by atoms with van der Waals surface area (Å²) in [6.45, 7) is 9.30. The number of piperidine rings is 1. The Kier molecular flexibility index (Phi) is 5.91. The zero-order chi connectivity index (χ0) is 20.3. The summed E-state index contributed by atoms with van der Waals surface area (Å²) in [4.78, 5) is 16.7. The number of hydrogen-bond acceptors (Lipinski definition) is 3. The number of hydrogen-bond donors (Lipinski definition) is 0. The summed E-state index contributed by atoms with van der Waals surface area (Å²) in [6, 6.07) is 17.3. The van der Waals surface area contributed by atoms with Gasteiger partial charge >= 0.3 is 0 Å². The van der Waals surface area contributed by atoms with Crippen LogP contribution in [-0.2, 0) is 23.3 Å². The normalized spacial score (nSPS) is 18.5. The van der Waals surface area contributed by atoms with Crippen LogP contribution in [0.1, 0.15) is 49.8 Å². The molecule has 2 heterocycles. The summed E-state index contributed by atoms with van der Waals surface area (Å²) >= 11 is 0. The second-order valence-corrected chi connectivity index (χ2v) is 8.58. The molecule has 4 heteroatoms. The lowest BCUT2D eigenvalue weighted by Crippen LogP contribution is -2.52. The highest BCUT2D eigenvalue weighted by molar-refractivity contribution is 5.74. The number of likely N-dealkylation sites (tertiary alicyclic amines) is 1. The van der Waals surface area contributed by atoms with Gasteiger partial charge in [0.1, 0.15) is 5.75 Å². The van der Waals surface area contributed by atoms with Gasteiger partial charge in [0, 0.05) is 32.0 Å². The van der Waals surface area contributed by atoms with E-state index < -0.39 is 0 Å². The van der Waals surface area contributed by atoms with E-state index in [0.717, 1.165) is 64.3 Å². The molecule has 154 valence electrons. The number of ether oxygens (including phenoxy) is 1. The molecule has 0 bridgehead atoms. The molecule has 0 saturated carbocycles. The minimum Gasteiger partial charge on any atom is -0.494 e. The fourth-order valence-electron chi connectivity index (χ4n) is 4.85. The summed E-state index contributed by atoms with van der Waals surface area (Å²) in [7, 11) is 0. The molecule has 29 heavy (non-hydrogen) atoms. The van der Waals surface area contributed by atoms with Crippen LogP contribution in [0.25, 0.3) is 0 Å². The van der Waals surface area contributed by atoms with Gasteiger partial charge in [0.05, 0.1) is 6.61 Å². The highest BCUT2D eigenvalue weighted by atomic mass is 16.5. The largest absolute Gasteiger partial charge is 0.494 e. The lowest BCUT2D eigenvalue weighted by Gasteiger charge is -2.48. The Hall–Kier alpha value is -2.33. The summed E-state index contributed by atoms with van der Waals surface area (Å²) in [6.07, 6.45) is 3.23. The Morgan fingerprint density at radius 1 is 1.07 bits per heavy atom. The Morgan fingerprint density at radius 2 is 1.79 bits per heavy atom. The number of rotatable bonds is 5. The van der Waals surface area contributed by atoms with Crippen molar-refractivity contribution in [2.45, 2.75) is 51.6 Å². The molecule has 0 N–H and O–H groups in total. The van der Waals surface area contributed by atoms with Crippen molar-refractivity contribution in [1.82, 2.24) is 9.80 Å². The maximum Gasteiger partial charge on any atom is 0.219 e. The predicted molar refractivity (Wildman–Crippen MR) is 116 cm³/mol. The zero-order valence-electron chi connectivity index (χ0n) is 17.7. The number of nitrogens with zero attached hydrogens (tertiary/aromatic N) is 2. The average Bonchev–Trinajstić information content (AvgIpc) is 2.75. The zero-order valence-corrected chi connectivity index (χ0v) is 17.7. The molecule has 2 aliphatic heterocycles. The molecule has 1 fully saturated rings. The fourth-order valence-corrected chi connectivity index (χ4v) is 4.85. The third-order valence-electron chi connectivity index (χ3n) is 6.50. The van der Waals surface area contributed by atoms with E-state index in [-0.39, 0.29) is 11.3 Å². The van der Waals surface area contributed by atoms with E-state index in [1.54, 1.807) is 6.92 Å². The van der Waals surface area contributed by atoms with Crippen LogP contribution in [0.5, 0.6) is 5.75 Å². The number of fused-ring (bicyclic) bond motifs is 2. The maximum absolute atomic E-state index is 12.1. The van der Waals surface area contributed by atoms with Gasteiger partial charge in [-0.05, 0) is 61.2 Å². The molecule has 2 aromatic carbocycles. The van der Waals surface area contributed by atoms with E-state index in [0.29, 0.717) is 0 Å². The van der Waals surface area contributed by atoms with Crippen LogP contribution >= 0.6 is 0 Å². The molecular weight excluding hydrogens is 360 g/mol. The average molecular weight is 393 g/mol. The van der Waals surface area contributed by atoms with Crippen molar-refractivity contribution in [1.29, 1.82) is 0 Å². The maximum atomic E-state index is 12.1. The van der Waals surface area contributed by atoms with Crippen molar-refractivity contribution in [2.24, 2.45) is 0 Å². The molecule has 0 aromatic heterocycles. The van der Waals surface area contributed by atoms with Crippen LogP contribution in [-0.4, -0.2) is 41.9 Å². The van der Waals surface area contributed by atoms with E-state index in [9.17, 15) is 4.79 Å². The van der Waals surface area contributed by atoms with Crippen LogP contribution in [0.4, 0.5) is 0 Å². The molecule has 1 saturated heterocycles. The molecule has 0 aliphatic carbocycles. The number of benzene rings is 2. The Morgan fingerprint density at radius 3 is 2.48 bits per heavy atom. The van der Waals surface area contributed by atoms with E-state index >= 15 is 0 Å². The van der Waals surface area contributed by atoms with Crippen LogP contribution in [0.3, 0.4) is 0 Å². The molecule has 0 radical (unpaired) electrons. The first kappa shape index (κ1) is 20.0. The van der Waals surface area contributed by atoms with Crippen molar-refractivity contribution in [2.75, 3.05) is 26.2 Å². The van der Waals surface area contributed by atoms with Gasteiger partial charge in [-0.3, -0.25) is 9.69 Å². The van der Waals surface area contributed by atoms with E-state index in [1.807, 2.05) is 4.90 Å². The van der Waals surface area contributed by atoms with Gasteiger partial charge in [-0.25, -0.2) is 0 Å². The third kappa shape index (κ3) is 4.32. The van der Waals surface area contributed by atoms with Gasteiger partial charge in [0.15, 0.2) is 0 Å². The molecule has 1 spiro atoms. The lowest BCUT2D eigenvalue weighted by molar-refractivity contribution is -0.131. The number of carbonyl (C=O) groups is 1. The Balaban J connectivity index is 1.42. The van der Waals surface area contributed by atoms with E-state index in [4.69, 9.17) is 4.74 Å². The van der Waals surface area contributed by atoms with Crippen molar-refractivity contribution in [3.63, 3.8) is 0 Å². The van der Waals surface area contributed by atoms with Crippen LogP contribution in [0.2, 0.25) is 0 Å². The van der Waals surface area contributed by atoms with Gasteiger partial charge in [-0.1, -0.05) is 43.3 Å². The van der Waals surface area contributed by atoms with Crippen molar-refractivity contribution < 1.29 is 9.53 Å². The summed E-state index contributed by atoms with van der Waals surface area (Å²) < 4.78 is 5.69. The Bertz CT molecular complexity index is 838. The van der Waals surface area contributed by atoms with Gasteiger partial charge in [0.2, 0.25) is 5.91 Å². The van der Waals surface area contributed by atoms with E-state index in [1.165, 1.54) is 16.7 Å². The molecule has 0 atom stereocenters. The molecule has 2 aliphatic rings. The van der Waals surface area contributed by atoms with Crippen molar-refractivity contribution in [3.05, 3.63) is 65.2 Å². The molecule has 4 nitrogen and oxygen atoms in total. The SMILES string of the molecule is CCCOc1ccc(CN2CCC3(CC2)CN(C(C)=O)Cc2ccccc23)cc1. The van der Waals surface area contributed by atoms with Gasteiger partial charge in [-0.15, -0.1) is 0 Å². The monoisotopic (exact) mass is 392 g/mol.